The molecule has 0 bridgehead atoms. The monoisotopic (exact) mass is 465 g/mol. The predicted octanol–water partition coefficient (Wildman–Crippen LogP) is 6.00. The van der Waals surface area contributed by atoms with Crippen molar-refractivity contribution in [1.82, 2.24) is 9.88 Å². The first-order valence-electron chi connectivity index (χ1n) is 10.4. The number of fused-ring (bicyclic) bond motifs is 1. The second kappa shape index (κ2) is 10.1. The Morgan fingerprint density at radius 2 is 1.81 bits per heavy atom. The van der Waals surface area contributed by atoms with Gasteiger partial charge in [-0.2, -0.15) is 0 Å². The van der Waals surface area contributed by atoms with Crippen molar-refractivity contribution < 1.29 is 9.47 Å². The maximum Gasteiger partial charge on any atom is 0.173 e. The summed E-state index contributed by atoms with van der Waals surface area (Å²) in [6.45, 7) is 3.69. The fourth-order valence-corrected chi connectivity index (χ4v) is 4.77. The molecule has 4 aromatic rings. The number of aromatic amines is 1. The number of benzene rings is 2. The molecule has 2 aromatic heterocycles. The number of nitrogens with one attached hydrogen (secondary N) is 2. The molecule has 0 spiro atoms. The molecule has 0 radical (unpaired) electrons. The fraction of sp³-hybridized carbons (Fsp3) is 0.240. The van der Waals surface area contributed by atoms with Crippen LogP contribution in [0.4, 0.5) is 5.69 Å². The Morgan fingerprint density at radius 3 is 2.50 bits per heavy atom. The molecule has 0 unspecified atom stereocenters. The van der Waals surface area contributed by atoms with Crippen molar-refractivity contribution in [1.29, 1.82) is 0 Å². The molecule has 166 valence electrons. The summed E-state index contributed by atoms with van der Waals surface area (Å²) in [4.78, 5) is 7.00. The van der Waals surface area contributed by atoms with E-state index in [1.807, 2.05) is 30.3 Å². The van der Waals surface area contributed by atoms with E-state index in [1.54, 1.807) is 25.6 Å². The van der Waals surface area contributed by atoms with Crippen LogP contribution in [0, 0.1) is 6.92 Å². The van der Waals surface area contributed by atoms with E-state index in [0.717, 1.165) is 42.2 Å². The molecule has 0 saturated carbocycles. The standard InChI is InChI=1S/C25H27N3O2S2/c1-17-22(23-15-20(30-3)10-11-24(23)26-17)12-13-28(16-21-5-4-14-32-21)25(31)27-18-6-8-19(29-2)9-7-18/h4-11,14-15,26H,12-13,16H2,1-3H3,(H,27,31). The van der Waals surface area contributed by atoms with Gasteiger partial charge in [0, 0.05) is 33.7 Å². The first-order valence-corrected chi connectivity index (χ1v) is 11.7. The van der Waals surface area contributed by atoms with Crippen LogP contribution in [-0.4, -0.2) is 35.8 Å². The van der Waals surface area contributed by atoms with Crippen LogP contribution in [0.1, 0.15) is 16.1 Å². The van der Waals surface area contributed by atoms with E-state index in [1.165, 1.54) is 21.5 Å². The Hall–Kier alpha value is -3.03. The molecule has 7 heteroatoms. The smallest absolute Gasteiger partial charge is 0.173 e. The van der Waals surface area contributed by atoms with Crippen molar-refractivity contribution in [2.75, 3.05) is 26.1 Å². The zero-order chi connectivity index (χ0) is 22.5. The molecule has 0 saturated heterocycles. The zero-order valence-electron chi connectivity index (χ0n) is 18.5. The third-order valence-electron chi connectivity index (χ3n) is 5.51. The summed E-state index contributed by atoms with van der Waals surface area (Å²) in [6, 6.07) is 18.2. The second-order valence-corrected chi connectivity index (χ2v) is 8.97. The topological polar surface area (TPSA) is 49.5 Å². The van der Waals surface area contributed by atoms with E-state index in [0.29, 0.717) is 5.11 Å². The van der Waals surface area contributed by atoms with E-state index in [9.17, 15) is 0 Å². The molecule has 2 heterocycles. The fourth-order valence-electron chi connectivity index (χ4n) is 3.78. The first kappa shape index (κ1) is 22.2. The van der Waals surface area contributed by atoms with Crippen molar-refractivity contribution in [2.24, 2.45) is 0 Å². The molecular weight excluding hydrogens is 438 g/mol. The molecule has 2 N–H and O–H groups in total. The van der Waals surface area contributed by atoms with E-state index >= 15 is 0 Å². The largest absolute Gasteiger partial charge is 0.497 e. The van der Waals surface area contributed by atoms with Crippen molar-refractivity contribution in [3.63, 3.8) is 0 Å². The summed E-state index contributed by atoms with van der Waals surface area (Å²) in [5, 5.41) is 7.39. The summed E-state index contributed by atoms with van der Waals surface area (Å²) >= 11 is 7.56. The van der Waals surface area contributed by atoms with Crippen LogP contribution in [0.3, 0.4) is 0 Å². The van der Waals surface area contributed by atoms with Crippen molar-refractivity contribution in [2.45, 2.75) is 19.9 Å². The van der Waals surface area contributed by atoms with E-state index in [2.05, 4.69) is 51.8 Å². The van der Waals surface area contributed by atoms with Gasteiger partial charge in [0.15, 0.2) is 5.11 Å². The molecule has 2 aromatic carbocycles. The molecule has 32 heavy (non-hydrogen) atoms. The lowest BCUT2D eigenvalue weighted by molar-refractivity contribution is 0.415. The van der Waals surface area contributed by atoms with Crippen molar-refractivity contribution in [3.8, 4) is 11.5 Å². The highest BCUT2D eigenvalue weighted by molar-refractivity contribution is 7.80. The average Bonchev–Trinajstić information content (AvgIpc) is 3.43. The van der Waals surface area contributed by atoms with Gasteiger partial charge >= 0.3 is 0 Å². The number of hydrogen-bond donors (Lipinski definition) is 2. The lowest BCUT2D eigenvalue weighted by Gasteiger charge is -2.26. The van der Waals surface area contributed by atoms with E-state index in [-0.39, 0.29) is 0 Å². The number of nitrogens with zero attached hydrogens (tertiary/aromatic N) is 1. The molecule has 5 nitrogen and oxygen atoms in total. The normalized spacial score (nSPS) is 10.8. The molecule has 0 aliphatic carbocycles. The van der Waals surface area contributed by atoms with Gasteiger partial charge in [0.2, 0.25) is 0 Å². The number of anilines is 1. The Kier molecular flexibility index (Phi) is 6.97. The number of thiophene rings is 1. The molecule has 0 amide bonds. The highest BCUT2D eigenvalue weighted by Crippen LogP contribution is 2.27. The van der Waals surface area contributed by atoms with Crippen molar-refractivity contribution >= 4 is 45.3 Å². The number of H-pyrrole nitrogens is 1. The molecule has 0 atom stereocenters. The van der Waals surface area contributed by atoms with Crippen LogP contribution in [0.5, 0.6) is 11.5 Å². The summed E-state index contributed by atoms with van der Waals surface area (Å²) in [7, 11) is 3.37. The van der Waals surface area contributed by atoms with Gasteiger partial charge in [-0.1, -0.05) is 6.07 Å². The Balaban J connectivity index is 1.53. The second-order valence-electron chi connectivity index (χ2n) is 7.55. The van der Waals surface area contributed by atoms with Gasteiger partial charge in [-0.25, -0.2) is 0 Å². The van der Waals surface area contributed by atoms with Crippen LogP contribution < -0.4 is 14.8 Å². The van der Waals surface area contributed by atoms with E-state index < -0.39 is 0 Å². The van der Waals surface area contributed by atoms with Crippen LogP contribution in [0.15, 0.2) is 60.0 Å². The summed E-state index contributed by atoms with van der Waals surface area (Å²) in [5.74, 6) is 1.69. The van der Waals surface area contributed by atoms with Crippen molar-refractivity contribution in [3.05, 3.63) is 76.1 Å². The third kappa shape index (κ3) is 5.06. The van der Waals surface area contributed by atoms with Crippen LogP contribution in [-0.2, 0) is 13.0 Å². The van der Waals surface area contributed by atoms with Crippen LogP contribution in [0.2, 0.25) is 0 Å². The lowest BCUT2D eigenvalue weighted by atomic mass is 10.1. The minimum atomic E-state index is 0.707. The van der Waals surface area contributed by atoms with Gasteiger partial charge < -0.3 is 24.7 Å². The minimum Gasteiger partial charge on any atom is -0.497 e. The number of ether oxygens (including phenoxy) is 2. The number of aromatic nitrogens is 1. The maximum atomic E-state index is 5.82. The quantitative estimate of drug-likeness (QED) is 0.313. The zero-order valence-corrected chi connectivity index (χ0v) is 20.1. The Labute approximate surface area is 198 Å². The highest BCUT2D eigenvalue weighted by Gasteiger charge is 2.15. The minimum absolute atomic E-state index is 0.707. The highest BCUT2D eigenvalue weighted by atomic mass is 32.1. The Morgan fingerprint density at radius 1 is 1.06 bits per heavy atom. The third-order valence-corrected chi connectivity index (χ3v) is 6.74. The first-order chi connectivity index (χ1) is 15.6. The molecule has 0 aliphatic rings. The van der Waals surface area contributed by atoms with Gasteiger partial charge in [0.1, 0.15) is 11.5 Å². The number of hydrogen-bond acceptors (Lipinski definition) is 4. The lowest BCUT2D eigenvalue weighted by Crippen LogP contribution is -2.35. The maximum absolute atomic E-state index is 5.82. The van der Waals surface area contributed by atoms with Gasteiger partial charge in [-0.05, 0) is 85.0 Å². The average molecular weight is 466 g/mol. The summed E-state index contributed by atoms with van der Waals surface area (Å²) in [5.41, 5.74) is 4.54. The Bertz CT molecular complexity index is 1180. The molecule has 0 fully saturated rings. The summed E-state index contributed by atoms with van der Waals surface area (Å²) in [6.07, 6.45) is 0.870. The van der Waals surface area contributed by atoms with Gasteiger partial charge in [0.25, 0.3) is 0 Å². The predicted molar refractivity (Wildman–Crippen MR) is 137 cm³/mol. The molecule has 4 rings (SSSR count). The number of methoxy groups -OCH3 is 2. The molecule has 0 aliphatic heterocycles. The van der Waals surface area contributed by atoms with Crippen LogP contribution >= 0.6 is 23.6 Å². The van der Waals surface area contributed by atoms with Gasteiger partial charge in [-0.15, -0.1) is 11.3 Å². The van der Waals surface area contributed by atoms with Gasteiger partial charge in [0.05, 0.1) is 20.8 Å². The van der Waals surface area contributed by atoms with E-state index in [4.69, 9.17) is 21.7 Å². The number of thiocarbonyl (C=S) groups is 1. The molecular formula is C25H27N3O2S2. The SMILES string of the molecule is COc1ccc(NC(=S)N(CCc2c(C)[nH]c3ccc(OC)cc23)Cc2cccs2)cc1. The van der Waals surface area contributed by atoms with Crippen LogP contribution in [0.25, 0.3) is 10.9 Å². The van der Waals surface area contributed by atoms with Gasteiger partial charge in [-0.3, -0.25) is 0 Å². The number of aryl methyl sites for hydroxylation is 1. The summed E-state index contributed by atoms with van der Waals surface area (Å²) < 4.78 is 10.7. The number of rotatable bonds is 8.